The van der Waals surface area contributed by atoms with E-state index in [1.54, 1.807) is 6.07 Å². The molecule has 1 aliphatic rings. The second-order valence-electron chi connectivity index (χ2n) is 5.76. The molecular weight excluding hydrogens is 370 g/mol. The smallest absolute Gasteiger partial charge is 0.256 e. The highest BCUT2D eigenvalue weighted by Crippen LogP contribution is 2.31. The molecule has 0 spiro atoms. The van der Waals surface area contributed by atoms with Crippen molar-refractivity contribution in [2.75, 3.05) is 42.3 Å². The zero-order chi connectivity index (χ0) is 17.1. The monoisotopic (exact) mass is 389 g/mol. The van der Waals surface area contributed by atoms with Crippen LogP contribution in [0, 0.1) is 6.92 Å². The van der Waals surface area contributed by atoms with Crippen molar-refractivity contribution in [2.24, 2.45) is 0 Å². The second-order valence-corrected chi connectivity index (χ2v) is 6.61. The number of nitrogen functional groups attached to an aromatic ring is 1. The molecule has 126 valence electrons. The van der Waals surface area contributed by atoms with E-state index in [2.05, 4.69) is 26.1 Å². The van der Waals surface area contributed by atoms with Crippen LogP contribution in [0.3, 0.4) is 0 Å². The SMILES string of the molecule is Cc1cc(N)c(NC(=O)c2ccccc2Br)cc1N1CCOCC1. The summed E-state index contributed by atoms with van der Waals surface area (Å²) in [6.07, 6.45) is 0. The Labute approximate surface area is 149 Å². The number of nitrogens with zero attached hydrogens (tertiary/aromatic N) is 1. The Morgan fingerprint density at radius 2 is 1.96 bits per heavy atom. The highest BCUT2D eigenvalue weighted by molar-refractivity contribution is 9.10. The fraction of sp³-hybridized carbons (Fsp3) is 0.278. The van der Waals surface area contributed by atoms with Gasteiger partial charge in [-0.2, -0.15) is 0 Å². The molecule has 0 bridgehead atoms. The molecule has 0 atom stereocenters. The highest BCUT2D eigenvalue weighted by Gasteiger charge is 2.17. The molecule has 6 heteroatoms. The number of carbonyl (C=O) groups excluding carboxylic acids is 1. The molecule has 2 aromatic rings. The molecular formula is C18H20BrN3O2. The van der Waals surface area contributed by atoms with Crippen molar-refractivity contribution in [3.8, 4) is 0 Å². The molecule has 1 heterocycles. The fourth-order valence-electron chi connectivity index (χ4n) is 2.81. The highest BCUT2D eigenvalue weighted by atomic mass is 79.9. The normalized spacial score (nSPS) is 14.5. The number of benzene rings is 2. The van der Waals surface area contributed by atoms with Gasteiger partial charge in [-0.05, 0) is 52.7 Å². The molecule has 1 amide bonds. The summed E-state index contributed by atoms with van der Waals surface area (Å²) in [5.74, 6) is -0.189. The Hall–Kier alpha value is -2.05. The van der Waals surface area contributed by atoms with Crippen molar-refractivity contribution in [1.29, 1.82) is 0 Å². The van der Waals surface area contributed by atoms with Crippen LogP contribution in [0.2, 0.25) is 0 Å². The lowest BCUT2D eigenvalue weighted by Gasteiger charge is -2.30. The molecule has 0 unspecified atom stereocenters. The summed E-state index contributed by atoms with van der Waals surface area (Å²) in [4.78, 5) is 14.8. The number of rotatable bonds is 3. The molecule has 0 aromatic heterocycles. The summed E-state index contributed by atoms with van der Waals surface area (Å²) >= 11 is 3.40. The van der Waals surface area contributed by atoms with E-state index in [9.17, 15) is 4.79 Å². The van der Waals surface area contributed by atoms with Gasteiger partial charge in [-0.1, -0.05) is 12.1 Å². The summed E-state index contributed by atoms with van der Waals surface area (Å²) < 4.78 is 6.16. The van der Waals surface area contributed by atoms with Crippen LogP contribution in [-0.4, -0.2) is 32.2 Å². The van der Waals surface area contributed by atoms with Crippen LogP contribution >= 0.6 is 15.9 Å². The van der Waals surface area contributed by atoms with Gasteiger partial charge in [0.05, 0.1) is 30.2 Å². The number of amides is 1. The first-order chi connectivity index (χ1) is 11.6. The largest absolute Gasteiger partial charge is 0.397 e. The first kappa shape index (κ1) is 16.8. The van der Waals surface area contributed by atoms with Crippen LogP contribution in [0.15, 0.2) is 40.9 Å². The number of nitrogens with two attached hydrogens (primary N) is 1. The molecule has 1 saturated heterocycles. The zero-order valence-electron chi connectivity index (χ0n) is 13.5. The number of morpholine rings is 1. The van der Waals surface area contributed by atoms with Crippen LogP contribution < -0.4 is 16.0 Å². The predicted molar refractivity (Wildman–Crippen MR) is 101 cm³/mol. The first-order valence-corrected chi connectivity index (χ1v) is 8.64. The molecule has 3 N–H and O–H groups in total. The van der Waals surface area contributed by atoms with Crippen molar-refractivity contribution < 1.29 is 9.53 Å². The number of halogens is 1. The average Bonchev–Trinajstić information content (AvgIpc) is 2.58. The lowest BCUT2D eigenvalue weighted by atomic mass is 10.1. The van der Waals surface area contributed by atoms with Gasteiger partial charge in [-0.3, -0.25) is 4.79 Å². The first-order valence-electron chi connectivity index (χ1n) is 7.85. The third-order valence-electron chi connectivity index (χ3n) is 4.09. The van der Waals surface area contributed by atoms with Crippen LogP contribution in [-0.2, 0) is 4.74 Å². The number of aryl methyl sites for hydroxylation is 1. The van der Waals surface area contributed by atoms with E-state index in [4.69, 9.17) is 10.5 Å². The van der Waals surface area contributed by atoms with Crippen molar-refractivity contribution in [3.05, 3.63) is 52.0 Å². The summed E-state index contributed by atoms with van der Waals surface area (Å²) in [5, 5.41) is 2.92. The van der Waals surface area contributed by atoms with Crippen molar-refractivity contribution in [2.45, 2.75) is 6.92 Å². The molecule has 0 radical (unpaired) electrons. The zero-order valence-corrected chi connectivity index (χ0v) is 15.1. The molecule has 1 fully saturated rings. The van der Waals surface area contributed by atoms with Crippen molar-refractivity contribution in [3.63, 3.8) is 0 Å². The Bertz CT molecular complexity index is 758. The lowest BCUT2D eigenvalue weighted by molar-refractivity contribution is 0.102. The van der Waals surface area contributed by atoms with Gasteiger partial charge in [0, 0.05) is 23.2 Å². The number of ether oxygens (including phenoxy) is 1. The summed E-state index contributed by atoms with van der Waals surface area (Å²) in [6.45, 7) is 5.12. The molecule has 5 nitrogen and oxygen atoms in total. The quantitative estimate of drug-likeness (QED) is 0.789. The van der Waals surface area contributed by atoms with Gasteiger partial charge in [0.2, 0.25) is 0 Å². The minimum Gasteiger partial charge on any atom is -0.397 e. The van der Waals surface area contributed by atoms with Gasteiger partial charge >= 0.3 is 0 Å². The van der Waals surface area contributed by atoms with E-state index in [0.717, 1.165) is 28.8 Å². The fourth-order valence-corrected chi connectivity index (χ4v) is 3.27. The molecule has 24 heavy (non-hydrogen) atoms. The molecule has 2 aromatic carbocycles. The van der Waals surface area contributed by atoms with Gasteiger partial charge in [-0.25, -0.2) is 0 Å². The number of hydrogen-bond donors (Lipinski definition) is 2. The third kappa shape index (κ3) is 3.55. The molecule has 1 aliphatic heterocycles. The Kier molecular flexibility index (Phi) is 5.06. The van der Waals surface area contributed by atoms with Crippen LogP contribution in [0.1, 0.15) is 15.9 Å². The minimum atomic E-state index is -0.189. The number of nitrogens with one attached hydrogen (secondary N) is 1. The van der Waals surface area contributed by atoms with E-state index in [1.165, 1.54) is 0 Å². The maximum atomic E-state index is 12.5. The molecule has 0 saturated carbocycles. The van der Waals surface area contributed by atoms with Crippen molar-refractivity contribution >= 4 is 38.9 Å². The molecule has 3 rings (SSSR count). The number of anilines is 3. The Balaban J connectivity index is 1.87. The summed E-state index contributed by atoms with van der Waals surface area (Å²) in [6, 6.07) is 11.2. The topological polar surface area (TPSA) is 67.6 Å². The van der Waals surface area contributed by atoms with E-state index in [-0.39, 0.29) is 5.91 Å². The maximum absolute atomic E-state index is 12.5. The lowest BCUT2D eigenvalue weighted by Crippen LogP contribution is -2.36. The predicted octanol–water partition coefficient (Wildman–Crippen LogP) is 3.43. The van der Waals surface area contributed by atoms with E-state index < -0.39 is 0 Å². The van der Waals surface area contributed by atoms with Crippen molar-refractivity contribution in [1.82, 2.24) is 0 Å². The van der Waals surface area contributed by atoms with Gasteiger partial charge in [0.15, 0.2) is 0 Å². The second kappa shape index (κ2) is 7.23. The average molecular weight is 390 g/mol. The third-order valence-corrected chi connectivity index (χ3v) is 4.78. The minimum absolute atomic E-state index is 0.189. The van der Waals surface area contributed by atoms with Gasteiger partial charge in [-0.15, -0.1) is 0 Å². The van der Waals surface area contributed by atoms with Crippen LogP contribution in [0.25, 0.3) is 0 Å². The van der Waals surface area contributed by atoms with E-state index >= 15 is 0 Å². The molecule has 0 aliphatic carbocycles. The van der Waals surface area contributed by atoms with Gasteiger partial charge in [0.25, 0.3) is 5.91 Å². The summed E-state index contributed by atoms with van der Waals surface area (Å²) in [7, 11) is 0. The van der Waals surface area contributed by atoms with Crippen LogP contribution in [0.5, 0.6) is 0 Å². The van der Waals surface area contributed by atoms with Gasteiger partial charge in [0.1, 0.15) is 0 Å². The number of carbonyl (C=O) groups is 1. The van der Waals surface area contributed by atoms with Gasteiger partial charge < -0.3 is 20.7 Å². The van der Waals surface area contributed by atoms with Crippen LogP contribution in [0.4, 0.5) is 17.1 Å². The summed E-state index contributed by atoms with van der Waals surface area (Å²) in [5.41, 5.74) is 10.0. The standard InChI is InChI=1S/C18H20BrN3O2/c1-12-10-15(20)16(11-17(12)22-6-8-24-9-7-22)21-18(23)13-4-2-3-5-14(13)19/h2-5,10-11H,6-9,20H2,1H3,(H,21,23). The maximum Gasteiger partial charge on any atom is 0.256 e. The van der Waals surface area contributed by atoms with E-state index in [1.807, 2.05) is 37.3 Å². The number of hydrogen-bond acceptors (Lipinski definition) is 4. The Morgan fingerprint density at radius 3 is 2.67 bits per heavy atom. The Morgan fingerprint density at radius 1 is 1.25 bits per heavy atom. The van der Waals surface area contributed by atoms with E-state index in [0.29, 0.717) is 30.2 Å².